The number of rotatable bonds is 4. The summed E-state index contributed by atoms with van der Waals surface area (Å²) in [5.74, 6) is 0.940. The number of hydrogen-bond donors (Lipinski definition) is 1. The molecule has 0 saturated carbocycles. The van der Waals surface area contributed by atoms with Crippen molar-refractivity contribution in [1.82, 2.24) is 14.6 Å². The molecule has 1 N–H and O–H groups in total. The van der Waals surface area contributed by atoms with Crippen LogP contribution in [0.4, 0.5) is 5.82 Å². The molecule has 0 atom stereocenters. The van der Waals surface area contributed by atoms with Crippen LogP contribution in [0.3, 0.4) is 0 Å². The van der Waals surface area contributed by atoms with E-state index < -0.39 is 0 Å². The second-order valence-electron chi connectivity index (χ2n) is 6.08. The van der Waals surface area contributed by atoms with Crippen LogP contribution < -0.4 is 5.32 Å². The van der Waals surface area contributed by atoms with E-state index in [2.05, 4.69) is 75.4 Å². The first-order chi connectivity index (χ1) is 12.9. The van der Waals surface area contributed by atoms with E-state index in [9.17, 15) is 0 Å². The van der Waals surface area contributed by atoms with Gasteiger partial charge in [0.2, 0.25) is 0 Å². The number of thiophene rings is 1. The predicted octanol–water partition coefficient (Wildman–Crippen LogP) is 5.22. The largest absolute Gasteiger partial charge is 0.365 e. The molecule has 0 aliphatic heterocycles. The smallest absolute Gasteiger partial charge is 0.165 e. The Hall–Kier alpha value is -3.18. The molecule has 5 aromatic rings. The summed E-state index contributed by atoms with van der Waals surface area (Å²) >= 11 is 1.74. The van der Waals surface area contributed by atoms with Gasteiger partial charge in [0.25, 0.3) is 0 Å². The normalized spacial score (nSPS) is 11.2. The third-order valence-electron chi connectivity index (χ3n) is 4.50. The van der Waals surface area contributed by atoms with Crippen LogP contribution >= 0.6 is 11.3 Å². The van der Waals surface area contributed by atoms with Crippen LogP contribution in [-0.2, 0) is 6.54 Å². The number of nitrogens with one attached hydrogen (secondary N) is 1. The number of benzene rings is 2. The summed E-state index contributed by atoms with van der Waals surface area (Å²) in [4.78, 5) is 5.88. The lowest BCUT2D eigenvalue weighted by atomic mass is 10.0. The fraction of sp³-hybridized carbons (Fsp3) is 0.0476. The highest BCUT2D eigenvalue weighted by atomic mass is 32.1. The van der Waals surface area contributed by atoms with Gasteiger partial charge >= 0.3 is 0 Å². The summed E-state index contributed by atoms with van der Waals surface area (Å²) in [6.07, 6.45) is 3.74. The van der Waals surface area contributed by atoms with E-state index in [0.717, 1.165) is 29.1 Å². The Labute approximate surface area is 154 Å². The Kier molecular flexibility index (Phi) is 3.65. The third kappa shape index (κ3) is 2.53. The quantitative estimate of drug-likeness (QED) is 0.480. The molecule has 0 aliphatic rings. The van der Waals surface area contributed by atoms with Gasteiger partial charge in [0.15, 0.2) is 5.65 Å². The van der Waals surface area contributed by atoms with Crippen molar-refractivity contribution in [3.05, 3.63) is 83.3 Å². The summed E-state index contributed by atoms with van der Waals surface area (Å²) in [5.41, 5.74) is 3.06. The highest BCUT2D eigenvalue weighted by Crippen LogP contribution is 2.31. The Morgan fingerprint density at radius 2 is 1.85 bits per heavy atom. The zero-order valence-electron chi connectivity index (χ0n) is 14.0. The molecular formula is C21H16N4S. The average Bonchev–Trinajstić information content (AvgIpc) is 3.36. The number of fused-ring (bicyclic) bond motifs is 2. The molecule has 2 aromatic carbocycles. The van der Waals surface area contributed by atoms with E-state index in [0.29, 0.717) is 0 Å². The number of hydrogen-bond acceptors (Lipinski definition) is 4. The molecule has 0 fully saturated rings. The molecule has 0 unspecified atom stereocenters. The van der Waals surface area contributed by atoms with Gasteiger partial charge in [-0.15, -0.1) is 11.3 Å². The molecular weight excluding hydrogens is 340 g/mol. The van der Waals surface area contributed by atoms with Gasteiger partial charge in [-0.2, -0.15) is 9.61 Å². The number of nitrogens with zero attached hydrogens (tertiary/aromatic N) is 3. The van der Waals surface area contributed by atoms with Crippen molar-refractivity contribution >= 4 is 33.6 Å². The van der Waals surface area contributed by atoms with Gasteiger partial charge in [0.1, 0.15) is 5.82 Å². The maximum Gasteiger partial charge on any atom is 0.165 e. The summed E-state index contributed by atoms with van der Waals surface area (Å²) in [6, 6.07) is 20.9. The van der Waals surface area contributed by atoms with Crippen LogP contribution in [0, 0.1) is 0 Å². The van der Waals surface area contributed by atoms with Crippen molar-refractivity contribution < 1.29 is 0 Å². The molecule has 3 aromatic heterocycles. The predicted molar refractivity (Wildman–Crippen MR) is 108 cm³/mol. The summed E-state index contributed by atoms with van der Waals surface area (Å²) in [6.45, 7) is 0.778. The zero-order chi connectivity index (χ0) is 17.3. The van der Waals surface area contributed by atoms with E-state index in [1.165, 1.54) is 15.6 Å². The topological polar surface area (TPSA) is 42.2 Å². The standard InChI is InChI=1S/C21H16N4S/c1-2-8-17-15(5-1)6-3-9-18(17)19-14-24-25-20(10-11-22-21(19)25)23-13-16-7-4-12-26-16/h1-12,14,23H,13H2. The monoisotopic (exact) mass is 356 g/mol. The molecule has 0 amide bonds. The van der Waals surface area contributed by atoms with Gasteiger partial charge in [0, 0.05) is 16.6 Å². The molecule has 3 heterocycles. The lowest BCUT2D eigenvalue weighted by Gasteiger charge is -2.08. The van der Waals surface area contributed by atoms with E-state index >= 15 is 0 Å². The molecule has 0 saturated heterocycles. The first-order valence-corrected chi connectivity index (χ1v) is 9.35. The van der Waals surface area contributed by atoms with Crippen molar-refractivity contribution in [1.29, 1.82) is 0 Å². The van der Waals surface area contributed by atoms with Crippen molar-refractivity contribution in [3.63, 3.8) is 0 Å². The maximum atomic E-state index is 4.60. The molecule has 126 valence electrons. The summed E-state index contributed by atoms with van der Waals surface area (Å²) in [7, 11) is 0. The van der Waals surface area contributed by atoms with Gasteiger partial charge < -0.3 is 5.32 Å². The van der Waals surface area contributed by atoms with Gasteiger partial charge in [0.05, 0.1) is 12.7 Å². The highest BCUT2D eigenvalue weighted by molar-refractivity contribution is 7.09. The Morgan fingerprint density at radius 3 is 2.77 bits per heavy atom. The first-order valence-electron chi connectivity index (χ1n) is 8.47. The van der Waals surface area contributed by atoms with Crippen LogP contribution in [0.2, 0.25) is 0 Å². The minimum absolute atomic E-state index is 0.778. The van der Waals surface area contributed by atoms with Crippen LogP contribution in [0.5, 0.6) is 0 Å². The fourth-order valence-electron chi connectivity index (χ4n) is 3.27. The van der Waals surface area contributed by atoms with Gasteiger partial charge in [-0.3, -0.25) is 0 Å². The molecule has 5 heteroatoms. The molecule has 0 radical (unpaired) electrons. The van der Waals surface area contributed by atoms with E-state index in [-0.39, 0.29) is 0 Å². The zero-order valence-corrected chi connectivity index (χ0v) is 14.8. The van der Waals surface area contributed by atoms with Crippen molar-refractivity contribution in [2.45, 2.75) is 6.54 Å². The van der Waals surface area contributed by atoms with Gasteiger partial charge in [-0.25, -0.2) is 4.98 Å². The SMILES string of the molecule is c1csc(CNc2ccnc3c(-c4cccc5ccccc45)cnn23)c1. The second-order valence-corrected chi connectivity index (χ2v) is 7.12. The van der Waals surface area contributed by atoms with Crippen molar-refractivity contribution in [3.8, 4) is 11.1 Å². The molecule has 0 bridgehead atoms. The lowest BCUT2D eigenvalue weighted by Crippen LogP contribution is -2.04. The third-order valence-corrected chi connectivity index (χ3v) is 5.38. The Morgan fingerprint density at radius 1 is 0.923 bits per heavy atom. The van der Waals surface area contributed by atoms with Crippen molar-refractivity contribution in [2.24, 2.45) is 0 Å². The first kappa shape index (κ1) is 15.1. The van der Waals surface area contributed by atoms with Gasteiger partial charge in [-0.1, -0.05) is 48.5 Å². The van der Waals surface area contributed by atoms with Gasteiger partial charge in [-0.05, 0) is 33.8 Å². The molecule has 0 aliphatic carbocycles. The molecule has 4 nitrogen and oxygen atoms in total. The van der Waals surface area contributed by atoms with E-state index in [1.807, 2.05) is 23.0 Å². The Balaban J connectivity index is 1.60. The fourth-order valence-corrected chi connectivity index (χ4v) is 3.91. The molecule has 5 rings (SSSR count). The highest BCUT2D eigenvalue weighted by Gasteiger charge is 2.12. The average molecular weight is 356 g/mol. The lowest BCUT2D eigenvalue weighted by molar-refractivity contribution is 0.928. The second kappa shape index (κ2) is 6.28. The Bertz CT molecular complexity index is 1190. The van der Waals surface area contributed by atoms with E-state index in [1.54, 1.807) is 11.3 Å². The van der Waals surface area contributed by atoms with E-state index in [4.69, 9.17) is 0 Å². The minimum Gasteiger partial charge on any atom is -0.365 e. The van der Waals surface area contributed by atoms with Crippen LogP contribution in [0.15, 0.2) is 78.4 Å². The maximum absolute atomic E-state index is 4.60. The van der Waals surface area contributed by atoms with Crippen LogP contribution in [0.25, 0.3) is 27.5 Å². The summed E-state index contributed by atoms with van der Waals surface area (Å²) in [5, 5.41) is 12.6. The summed E-state index contributed by atoms with van der Waals surface area (Å²) < 4.78 is 1.88. The molecule has 0 spiro atoms. The van der Waals surface area contributed by atoms with Crippen LogP contribution in [-0.4, -0.2) is 14.6 Å². The number of anilines is 1. The minimum atomic E-state index is 0.778. The molecule has 26 heavy (non-hydrogen) atoms. The van der Waals surface area contributed by atoms with Crippen molar-refractivity contribution in [2.75, 3.05) is 5.32 Å². The number of aromatic nitrogens is 3. The van der Waals surface area contributed by atoms with Crippen LogP contribution in [0.1, 0.15) is 4.88 Å².